The summed E-state index contributed by atoms with van der Waals surface area (Å²) in [6, 6.07) is 12.5. The van der Waals surface area contributed by atoms with Gasteiger partial charge in [-0.15, -0.1) is 0 Å². The molecule has 1 saturated carbocycles. The normalized spacial score (nSPS) is 18.5. The molecule has 1 amide bonds. The summed E-state index contributed by atoms with van der Waals surface area (Å²) in [5, 5.41) is 0.448. The monoisotopic (exact) mass is 463 g/mol. The third-order valence-corrected chi connectivity index (χ3v) is 6.96. The van der Waals surface area contributed by atoms with Crippen molar-refractivity contribution in [1.29, 1.82) is 0 Å². The molecule has 1 fully saturated rings. The summed E-state index contributed by atoms with van der Waals surface area (Å²) < 4.78 is 12.1. The molecule has 0 unspecified atom stereocenters. The highest BCUT2D eigenvalue weighted by Crippen LogP contribution is 2.40. The number of methoxy groups -OCH3 is 2. The van der Waals surface area contributed by atoms with Gasteiger partial charge in [-0.25, -0.2) is 4.98 Å². The molecule has 34 heavy (non-hydrogen) atoms. The van der Waals surface area contributed by atoms with Gasteiger partial charge in [0.1, 0.15) is 0 Å². The first-order valence-corrected chi connectivity index (χ1v) is 11.8. The molecule has 0 spiro atoms. The lowest BCUT2D eigenvalue weighted by molar-refractivity contribution is -0.122. The average molecular weight is 464 g/mol. The molecule has 180 valence electrons. The molecular weight excluding hydrogens is 430 g/mol. The van der Waals surface area contributed by atoms with Crippen LogP contribution in [0.15, 0.2) is 47.3 Å². The van der Waals surface area contributed by atoms with E-state index in [0.29, 0.717) is 39.7 Å². The van der Waals surface area contributed by atoms with Gasteiger partial charge in [0, 0.05) is 11.5 Å². The molecule has 4 rings (SSSR count). The maximum absolute atomic E-state index is 13.5. The van der Waals surface area contributed by atoms with Crippen molar-refractivity contribution in [3.05, 3.63) is 52.8 Å². The molecule has 0 atom stereocenters. The lowest BCUT2D eigenvalue weighted by atomic mass is 9.70. The first-order chi connectivity index (χ1) is 16.2. The summed E-state index contributed by atoms with van der Waals surface area (Å²) in [7, 11) is 3.12. The van der Waals surface area contributed by atoms with Crippen molar-refractivity contribution in [2.75, 3.05) is 19.6 Å². The molecular formula is C27H33N3O4. The quantitative estimate of drug-likeness (QED) is 0.576. The van der Waals surface area contributed by atoms with E-state index in [-0.39, 0.29) is 22.8 Å². The Morgan fingerprint density at radius 1 is 1.00 bits per heavy atom. The molecule has 1 aromatic heterocycles. The Morgan fingerprint density at radius 2 is 1.68 bits per heavy atom. The van der Waals surface area contributed by atoms with Crippen LogP contribution in [0.5, 0.6) is 11.5 Å². The van der Waals surface area contributed by atoms with Crippen LogP contribution in [0.4, 0.5) is 0 Å². The molecule has 0 radical (unpaired) electrons. The minimum atomic E-state index is -0.313. The van der Waals surface area contributed by atoms with Crippen molar-refractivity contribution in [3.8, 4) is 22.9 Å². The molecule has 0 saturated heterocycles. The second kappa shape index (κ2) is 9.49. The van der Waals surface area contributed by atoms with Gasteiger partial charge < -0.3 is 9.47 Å². The lowest BCUT2D eigenvalue weighted by Crippen LogP contribution is -2.39. The van der Waals surface area contributed by atoms with Gasteiger partial charge in [-0.05, 0) is 67.3 Å². The summed E-state index contributed by atoms with van der Waals surface area (Å²) in [5.41, 5.74) is 4.01. The molecule has 0 bridgehead atoms. The van der Waals surface area contributed by atoms with E-state index in [4.69, 9.17) is 14.5 Å². The van der Waals surface area contributed by atoms with Gasteiger partial charge in [0.15, 0.2) is 17.3 Å². The highest BCUT2D eigenvalue weighted by molar-refractivity contribution is 5.88. The number of hydrogen-bond acceptors (Lipinski definition) is 5. The number of rotatable bonds is 5. The van der Waals surface area contributed by atoms with E-state index < -0.39 is 0 Å². The van der Waals surface area contributed by atoms with Crippen molar-refractivity contribution in [1.82, 2.24) is 9.66 Å². The van der Waals surface area contributed by atoms with Crippen molar-refractivity contribution in [3.63, 3.8) is 0 Å². The van der Waals surface area contributed by atoms with Crippen LogP contribution >= 0.6 is 0 Å². The van der Waals surface area contributed by atoms with Gasteiger partial charge in [-0.3, -0.25) is 15.0 Å². The number of hydrogen-bond donors (Lipinski definition) is 1. The Morgan fingerprint density at radius 3 is 2.32 bits per heavy atom. The average Bonchev–Trinajstić information content (AvgIpc) is 2.84. The van der Waals surface area contributed by atoms with Crippen LogP contribution in [-0.4, -0.2) is 29.8 Å². The summed E-state index contributed by atoms with van der Waals surface area (Å²) in [6.45, 7) is 6.77. The summed E-state index contributed by atoms with van der Waals surface area (Å²) in [4.78, 5) is 31.5. The number of amides is 1. The maximum atomic E-state index is 13.5. The van der Waals surface area contributed by atoms with E-state index in [9.17, 15) is 9.59 Å². The Bertz CT molecular complexity index is 1250. The van der Waals surface area contributed by atoms with Gasteiger partial charge in [0.05, 0.1) is 25.1 Å². The molecule has 7 heteroatoms. The summed E-state index contributed by atoms with van der Waals surface area (Å²) in [5.74, 6) is 1.76. The molecule has 1 N–H and O–H groups in total. The van der Waals surface area contributed by atoms with E-state index in [1.807, 2.05) is 6.07 Å². The van der Waals surface area contributed by atoms with Crippen LogP contribution in [-0.2, 0) is 4.79 Å². The summed E-state index contributed by atoms with van der Waals surface area (Å²) >= 11 is 0. The van der Waals surface area contributed by atoms with Crippen molar-refractivity contribution < 1.29 is 14.3 Å². The predicted octanol–water partition coefficient (Wildman–Crippen LogP) is 5.00. The molecule has 2 aromatic carbocycles. The molecule has 1 heterocycles. The fraction of sp³-hybridized carbons (Fsp3) is 0.444. The van der Waals surface area contributed by atoms with E-state index >= 15 is 0 Å². The van der Waals surface area contributed by atoms with Crippen LogP contribution < -0.4 is 20.5 Å². The molecule has 7 nitrogen and oxygen atoms in total. The fourth-order valence-corrected chi connectivity index (χ4v) is 4.83. The van der Waals surface area contributed by atoms with Crippen molar-refractivity contribution in [2.45, 2.75) is 46.5 Å². The van der Waals surface area contributed by atoms with Crippen LogP contribution in [0.2, 0.25) is 0 Å². The second-order valence-electron chi connectivity index (χ2n) is 10.1. The third kappa shape index (κ3) is 4.65. The standard InChI is InChI=1S/C27H33N3O4/c1-27(2,3)19-13-10-17(11-14-19)25(31)29-30-24(18-12-15-22(33-4)23(16-18)34-5)28-21-9-7-6-8-20(21)26(30)32/h6-9,12,15-17,19H,10-11,13-14H2,1-5H3,(H,29,31). The minimum absolute atomic E-state index is 0.129. The minimum Gasteiger partial charge on any atom is -0.493 e. The second-order valence-corrected chi connectivity index (χ2v) is 10.1. The Labute approximate surface area is 200 Å². The first kappa shape index (κ1) is 23.8. The number of nitrogens with zero attached hydrogens (tertiary/aromatic N) is 2. The lowest BCUT2D eigenvalue weighted by Gasteiger charge is -2.36. The van der Waals surface area contributed by atoms with Gasteiger partial charge in [-0.1, -0.05) is 32.9 Å². The van der Waals surface area contributed by atoms with Gasteiger partial charge in [-0.2, -0.15) is 4.68 Å². The number of benzene rings is 2. The number of nitrogens with one attached hydrogen (secondary N) is 1. The number of carbonyl (C=O) groups is 1. The number of para-hydroxylation sites is 1. The highest BCUT2D eigenvalue weighted by Gasteiger charge is 2.33. The first-order valence-electron chi connectivity index (χ1n) is 11.8. The smallest absolute Gasteiger partial charge is 0.280 e. The predicted molar refractivity (Wildman–Crippen MR) is 134 cm³/mol. The van der Waals surface area contributed by atoms with Gasteiger partial charge in [0.2, 0.25) is 5.91 Å². The third-order valence-electron chi connectivity index (χ3n) is 6.96. The molecule has 3 aromatic rings. The Kier molecular flexibility index (Phi) is 6.64. The number of ether oxygens (including phenoxy) is 2. The van der Waals surface area contributed by atoms with E-state index in [0.717, 1.165) is 25.7 Å². The maximum Gasteiger partial charge on any atom is 0.280 e. The number of fused-ring (bicyclic) bond motifs is 1. The highest BCUT2D eigenvalue weighted by atomic mass is 16.5. The van der Waals surface area contributed by atoms with Gasteiger partial charge >= 0.3 is 0 Å². The van der Waals surface area contributed by atoms with Crippen LogP contribution in [0.1, 0.15) is 46.5 Å². The zero-order chi connectivity index (χ0) is 24.5. The largest absolute Gasteiger partial charge is 0.493 e. The molecule has 1 aliphatic carbocycles. The van der Waals surface area contributed by atoms with Crippen molar-refractivity contribution in [2.24, 2.45) is 17.3 Å². The SMILES string of the molecule is COc1ccc(-c2nc3ccccc3c(=O)n2NC(=O)C2CCC(C(C)(C)C)CC2)cc1OC. The topological polar surface area (TPSA) is 82.5 Å². The number of aromatic nitrogens is 2. The van der Waals surface area contributed by atoms with Crippen LogP contribution in [0.3, 0.4) is 0 Å². The zero-order valence-corrected chi connectivity index (χ0v) is 20.6. The molecule has 0 aliphatic heterocycles. The van der Waals surface area contributed by atoms with Crippen LogP contribution in [0, 0.1) is 17.3 Å². The van der Waals surface area contributed by atoms with E-state index in [1.165, 1.54) is 4.68 Å². The van der Waals surface area contributed by atoms with Crippen LogP contribution in [0.25, 0.3) is 22.3 Å². The number of carbonyl (C=O) groups excluding carboxylic acids is 1. The summed E-state index contributed by atoms with van der Waals surface area (Å²) in [6.07, 6.45) is 3.65. The Balaban J connectivity index is 1.71. The van der Waals surface area contributed by atoms with E-state index in [1.54, 1.807) is 50.6 Å². The fourth-order valence-electron chi connectivity index (χ4n) is 4.83. The van der Waals surface area contributed by atoms with E-state index in [2.05, 4.69) is 26.2 Å². The van der Waals surface area contributed by atoms with Crippen molar-refractivity contribution >= 4 is 16.8 Å². The Hall–Kier alpha value is -3.35. The zero-order valence-electron chi connectivity index (χ0n) is 20.6. The van der Waals surface area contributed by atoms with Gasteiger partial charge in [0.25, 0.3) is 5.56 Å². The molecule has 1 aliphatic rings.